The van der Waals surface area contributed by atoms with E-state index in [1.807, 2.05) is 23.6 Å². The van der Waals surface area contributed by atoms with Gasteiger partial charge in [0, 0.05) is 25.2 Å². The number of nitro groups is 1. The van der Waals surface area contributed by atoms with Crippen LogP contribution in [-0.4, -0.2) is 21.3 Å². The predicted octanol–water partition coefficient (Wildman–Crippen LogP) is 3.39. The predicted molar refractivity (Wildman–Crippen MR) is 101 cm³/mol. The molecule has 1 N–H and O–H groups in total. The van der Waals surface area contributed by atoms with Crippen LogP contribution in [0.5, 0.6) is 0 Å². The van der Waals surface area contributed by atoms with E-state index in [1.54, 1.807) is 6.07 Å². The van der Waals surface area contributed by atoms with Gasteiger partial charge in [0.05, 0.1) is 15.1 Å². The third kappa shape index (κ3) is 3.55. The Balaban J connectivity index is 2.04. The van der Waals surface area contributed by atoms with Crippen LogP contribution in [0.25, 0.3) is 10.2 Å². The number of fused-ring (bicyclic) bond motifs is 1. The standard InChI is InChI=1S/C16H14N4O4S2/c1-3-19-11-5-4-10(17-9(2)21)8-13(11)26-16(19)18-15(22)12-6-7-14(25-12)20(23)24/h4-8H,3H2,1-2H3,(H,17,21). The molecule has 3 rings (SSSR count). The Hall–Kier alpha value is -2.85. The van der Waals surface area contributed by atoms with Crippen molar-refractivity contribution < 1.29 is 14.5 Å². The molecule has 134 valence electrons. The van der Waals surface area contributed by atoms with Crippen LogP contribution in [0.1, 0.15) is 23.5 Å². The number of aryl methyl sites for hydroxylation is 1. The first-order valence-corrected chi connectivity index (χ1v) is 9.26. The van der Waals surface area contributed by atoms with Gasteiger partial charge in [-0.05, 0) is 31.2 Å². The van der Waals surface area contributed by atoms with Crippen molar-refractivity contribution in [3.63, 3.8) is 0 Å². The fourth-order valence-electron chi connectivity index (χ4n) is 2.43. The zero-order valence-electron chi connectivity index (χ0n) is 13.9. The highest BCUT2D eigenvalue weighted by molar-refractivity contribution is 7.17. The van der Waals surface area contributed by atoms with Crippen LogP contribution in [0.4, 0.5) is 10.7 Å². The second-order valence-electron chi connectivity index (χ2n) is 5.30. The summed E-state index contributed by atoms with van der Waals surface area (Å²) in [4.78, 5) is 38.7. The van der Waals surface area contributed by atoms with Crippen LogP contribution in [0.3, 0.4) is 0 Å². The molecule has 0 saturated carbocycles. The number of thiazole rings is 1. The molecule has 0 spiro atoms. The van der Waals surface area contributed by atoms with Crippen LogP contribution in [-0.2, 0) is 11.3 Å². The van der Waals surface area contributed by atoms with E-state index in [4.69, 9.17) is 0 Å². The number of benzene rings is 1. The summed E-state index contributed by atoms with van der Waals surface area (Å²) < 4.78 is 2.76. The Bertz CT molecular complexity index is 1090. The number of hydrogen-bond acceptors (Lipinski definition) is 6. The van der Waals surface area contributed by atoms with Gasteiger partial charge in [-0.3, -0.25) is 19.7 Å². The number of nitrogens with zero attached hydrogens (tertiary/aromatic N) is 3. The van der Waals surface area contributed by atoms with E-state index in [-0.39, 0.29) is 15.8 Å². The van der Waals surface area contributed by atoms with Gasteiger partial charge in [-0.15, -0.1) is 0 Å². The van der Waals surface area contributed by atoms with Gasteiger partial charge in [-0.25, -0.2) is 0 Å². The first-order chi connectivity index (χ1) is 12.4. The molecule has 3 aromatic rings. The molecule has 0 aliphatic rings. The summed E-state index contributed by atoms with van der Waals surface area (Å²) in [5, 5.41) is 13.4. The van der Waals surface area contributed by atoms with Gasteiger partial charge < -0.3 is 9.88 Å². The quantitative estimate of drug-likeness (QED) is 0.544. The van der Waals surface area contributed by atoms with Crippen molar-refractivity contribution in [2.45, 2.75) is 20.4 Å². The average molecular weight is 390 g/mol. The summed E-state index contributed by atoms with van der Waals surface area (Å²) in [5.41, 5.74) is 1.57. The summed E-state index contributed by atoms with van der Waals surface area (Å²) >= 11 is 2.12. The van der Waals surface area contributed by atoms with Crippen molar-refractivity contribution in [3.05, 3.63) is 50.1 Å². The molecule has 0 radical (unpaired) electrons. The number of carbonyl (C=O) groups excluding carboxylic acids is 2. The molecule has 1 aromatic carbocycles. The Labute approximate surface area is 155 Å². The Morgan fingerprint density at radius 1 is 1.27 bits per heavy atom. The smallest absolute Gasteiger partial charge is 0.324 e. The molecule has 2 aromatic heterocycles. The van der Waals surface area contributed by atoms with Crippen LogP contribution in [0, 0.1) is 10.1 Å². The van der Waals surface area contributed by atoms with E-state index in [2.05, 4.69) is 10.3 Å². The maximum atomic E-state index is 12.4. The summed E-state index contributed by atoms with van der Waals surface area (Å²) in [6.07, 6.45) is 0. The fourth-order valence-corrected chi connectivity index (χ4v) is 4.26. The van der Waals surface area contributed by atoms with Crippen molar-refractivity contribution in [2.75, 3.05) is 5.32 Å². The SMILES string of the molecule is CCn1c(=NC(=O)c2ccc([N+](=O)[O-])s2)sc2cc(NC(C)=O)ccc21. The topological polar surface area (TPSA) is 107 Å². The van der Waals surface area contributed by atoms with Crippen molar-refractivity contribution in [2.24, 2.45) is 4.99 Å². The number of aromatic nitrogens is 1. The van der Waals surface area contributed by atoms with Crippen molar-refractivity contribution in [1.29, 1.82) is 0 Å². The van der Waals surface area contributed by atoms with Crippen LogP contribution in [0.15, 0.2) is 35.3 Å². The molecule has 10 heteroatoms. The average Bonchev–Trinajstić information content (AvgIpc) is 3.18. The van der Waals surface area contributed by atoms with Gasteiger partial charge in [0.25, 0.3) is 5.91 Å². The van der Waals surface area contributed by atoms with E-state index in [9.17, 15) is 19.7 Å². The van der Waals surface area contributed by atoms with Gasteiger partial charge in [0.2, 0.25) is 5.91 Å². The molecular weight excluding hydrogens is 376 g/mol. The molecule has 8 nitrogen and oxygen atoms in total. The maximum Gasteiger partial charge on any atom is 0.324 e. The zero-order valence-corrected chi connectivity index (χ0v) is 15.5. The lowest BCUT2D eigenvalue weighted by atomic mass is 10.3. The number of nitrogens with one attached hydrogen (secondary N) is 1. The van der Waals surface area contributed by atoms with Gasteiger partial charge >= 0.3 is 5.00 Å². The molecule has 2 amide bonds. The second kappa shape index (κ2) is 7.18. The first kappa shape index (κ1) is 18.0. The summed E-state index contributed by atoms with van der Waals surface area (Å²) in [7, 11) is 0. The molecule has 0 fully saturated rings. The molecule has 2 heterocycles. The minimum absolute atomic E-state index is 0.0943. The van der Waals surface area contributed by atoms with Gasteiger partial charge in [0.15, 0.2) is 4.80 Å². The van der Waals surface area contributed by atoms with Gasteiger partial charge in [-0.1, -0.05) is 22.7 Å². The lowest BCUT2D eigenvalue weighted by Gasteiger charge is -2.03. The highest BCUT2D eigenvalue weighted by Gasteiger charge is 2.15. The summed E-state index contributed by atoms with van der Waals surface area (Å²) in [6, 6.07) is 8.18. The van der Waals surface area contributed by atoms with E-state index in [0.29, 0.717) is 17.0 Å². The largest absolute Gasteiger partial charge is 0.326 e. The molecule has 26 heavy (non-hydrogen) atoms. The maximum absolute atomic E-state index is 12.4. The highest BCUT2D eigenvalue weighted by atomic mass is 32.1. The Morgan fingerprint density at radius 2 is 2.04 bits per heavy atom. The molecule has 0 atom stereocenters. The van der Waals surface area contributed by atoms with Gasteiger partial charge in [-0.2, -0.15) is 4.99 Å². The number of amides is 2. The normalized spacial score (nSPS) is 11.7. The number of rotatable bonds is 4. The summed E-state index contributed by atoms with van der Waals surface area (Å²) in [5.74, 6) is -0.678. The lowest BCUT2D eigenvalue weighted by Crippen LogP contribution is -2.15. The van der Waals surface area contributed by atoms with Crippen LogP contribution in [0.2, 0.25) is 0 Å². The van der Waals surface area contributed by atoms with Crippen LogP contribution < -0.4 is 10.1 Å². The van der Waals surface area contributed by atoms with Gasteiger partial charge in [0.1, 0.15) is 4.88 Å². The molecule has 0 bridgehead atoms. The molecule has 0 saturated heterocycles. The summed E-state index contributed by atoms with van der Waals surface area (Å²) in [6.45, 7) is 3.98. The molecule has 0 aliphatic carbocycles. The van der Waals surface area contributed by atoms with E-state index in [1.165, 1.54) is 30.4 Å². The first-order valence-electron chi connectivity index (χ1n) is 7.63. The fraction of sp³-hybridized carbons (Fsp3) is 0.188. The van der Waals surface area contributed by atoms with Crippen molar-refractivity contribution >= 4 is 55.4 Å². The minimum Gasteiger partial charge on any atom is -0.326 e. The monoisotopic (exact) mass is 390 g/mol. The molecular formula is C16H14N4O4S2. The highest BCUT2D eigenvalue weighted by Crippen LogP contribution is 2.25. The van der Waals surface area contributed by atoms with Crippen molar-refractivity contribution in [3.8, 4) is 0 Å². The molecule has 0 unspecified atom stereocenters. The van der Waals surface area contributed by atoms with Crippen molar-refractivity contribution in [1.82, 2.24) is 4.57 Å². The Kier molecular flexibility index (Phi) is 4.96. The lowest BCUT2D eigenvalue weighted by molar-refractivity contribution is -0.380. The number of hydrogen-bond donors (Lipinski definition) is 1. The number of anilines is 1. The van der Waals surface area contributed by atoms with E-state index >= 15 is 0 Å². The number of carbonyl (C=O) groups is 2. The molecule has 0 aliphatic heterocycles. The van der Waals surface area contributed by atoms with E-state index in [0.717, 1.165) is 21.6 Å². The van der Waals surface area contributed by atoms with Crippen LogP contribution >= 0.6 is 22.7 Å². The number of thiophene rings is 1. The Morgan fingerprint density at radius 3 is 2.65 bits per heavy atom. The van der Waals surface area contributed by atoms with E-state index < -0.39 is 10.8 Å². The zero-order chi connectivity index (χ0) is 18.8. The minimum atomic E-state index is -0.531. The third-order valence-corrected chi connectivity index (χ3v) is 5.57. The second-order valence-corrected chi connectivity index (χ2v) is 7.38. The third-order valence-electron chi connectivity index (χ3n) is 3.50.